The number of anilines is 2. The zero-order valence-corrected chi connectivity index (χ0v) is 11.8. The van der Waals surface area contributed by atoms with Crippen LogP contribution in [-0.2, 0) is 0 Å². The van der Waals surface area contributed by atoms with Crippen LogP contribution in [0.2, 0.25) is 0 Å². The molecule has 0 heterocycles. The number of carbonyl (C=O) groups is 1. The maximum Gasteiger partial charge on any atom is 0.323 e. The van der Waals surface area contributed by atoms with Crippen molar-refractivity contribution in [2.45, 2.75) is 0 Å². The van der Waals surface area contributed by atoms with Gasteiger partial charge in [-0.15, -0.1) is 0 Å². The van der Waals surface area contributed by atoms with Crippen molar-refractivity contribution in [1.82, 2.24) is 0 Å². The van der Waals surface area contributed by atoms with Crippen molar-refractivity contribution >= 4 is 33.3 Å². The largest absolute Gasteiger partial charge is 0.504 e. The van der Waals surface area contributed by atoms with Crippen LogP contribution in [-0.4, -0.2) is 11.1 Å². The zero-order chi connectivity index (χ0) is 14.5. The molecular formula is C14H11BrN2O3. The van der Waals surface area contributed by atoms with E-state index in [1.54, 1.807) is 24.3 Å². The summed E-state index contributed by atoms with van der Waals surface area (Å²) < 4.78 is 0.914. The molecule has 2 amide bonds. The van der Waals surface area contributed by atoms with Gasteiger partial charge in [-0.2, -0.15) is 0 Å². The molecule has 0 spiro atoms. The first-order valence-corrected chi connectivity index (χ1v) is 6.51. The maximum absolute atomic E-state index is 11.8. The monoisotopic (exact) mass is 334 g/mol. The van der Waals surface area contributed by atoms with Crippen LogP contribution in [0.15, 0.2) is 57.8 Å². The van der Waals surface area contributed by atoms with Crippen molar-refractivity contribution in [3.63, 3.8) is 0 Å². The predicted molar refractivity (Wildman–Crippen MR) is 81.2 cm³/mol. The van der Waals surface area contributed by atoms with E-state index < -0.39 is 11.5 Å². The topological polar surface area (TPSA) is 78.4 Å². The van der Waals surface area contributed by atoms with Gasteiger partial charge in [-0.05, 0) is 48.5 Å². The minimum atomic E-state index is -0.508. The second-order valence-corrected chi connectivity index (χ2v) is 4.87. The second kappa shape index (κ2) is 6.21. The van der Waals surface area contributed by atoms with Crippen LogP contribution in [0, 0.1) is 0 Å². The molecule has 0 aliphatic rings. The zero-order valence-electron chi connectivity index (χ0n) is 10.3. The Balaban J connectivity index is 2.07. The van der Waals surface area contributed by atoms with Gasteiger partial charge in [0.2, 0.25) is 5.43 Å². The number of urea groups is 1. The molecule has 102 valence electrons. The van der Waals surface area contributed by atoms with Crippen LogP contribution in [0.3, 0.4) is 0 Å². The second-order valence-electron chi connectivity index (χ2n) is 3.96. The molecule has 20 heavy (non-hydrogen) atoms. The van der Waals surface area contributed by atoms with Crippen LogP contribution < -0.4 is 16.1 Å². The summed E-state index contributed by atoms with van der Waals surface area (Å²) in [7, 11) is 0. The number of nitrogens with one attached hydrogen (secondary N) is 2. The molecule has 0 aliphatic heterocycles. The molecule has 5 nitrogen and oxygen atoms in total. The molecule has 0 saturated carbocycles. The molecule has 0 radical (unpaired) electrons. The van der Waals surface area contributed by atoms with Crippen LogP contribution in [0.5, 0.6) is 5.75 Å². The Kier molecular flexibility index (Phi) is 4.37. The number of hydrogen-bond donors (Lipinski definition) is 3. The number of amides is 2. The van der Waals surface area contributed by atoms with Crippen molar-refractivity contribution in [3.05, 3.63) is 63.2 Å². The Labute approximate surface area is 123 Å². The summed E-state index contributed by atoms with van der Waals surface area (Å²) in [5, 5.41) is 14.5. The van der Waals surface area contributed by atoms with Gasteiger partial charge in [0.15, 0.2) is 5.75 Å². The molecule has 2 rings (SSSR count). The van der Waals surface area contributed by atoms with E-state index in [2.05, 4.69) is 26.6 Å². The van der Waals surface area contributed by atoms with Crippen molar-refractivity contribution in [2.24, 2.45) is 0 Å². The summed E-state index contributed by atoms with van der Waals surface area (Å²) in [5.41, 5.74) is 0.529. The molecule has 0 saturated heterocycles. The van der Waals surface area contributed by atoms with Crippen molar-refractivity contribution in [1.29, 1.82) is 0 Å². The molecule has 2 aromatic rings. The van der Waals surface area contributed by atoms with Crippen molar-refractivity contribution in [2.75, 3.05) is 10.6 Å². The molecule has 6 heteroatoms. The summed E-state index contributed by atoms with van der Waals surface area (Å²) in [6, 6.07) is 11.9. The van der Waals surface area contributed by atoms with E-state index in [0.29, 0.717) is 11.4 Å². The van der Waals surface area contributed by atoms with Crippen molar-refractivity contribution < 1.29 is 9.90 Å². The SMILES string of the molecule is O=C(Nc1ccc(Br)cc1)Nc1ccc(O)c(=O)cc1. The quantitative estimate of drug-likeness (QED) is 0.789. The molecular weight excluding hydrogens is 324 g/mol. The lowest BCUT2D eigenvalue weighted by molar-refractivity contribution is 0.262. The molecule has 0 fully saturated rings. The summed E-state index contributed by atoms with van der Waals surface area (Å²) in [6.45, 7) is 0. The van der Waals surface area contributed by atoms with Gasteiger partial charge in [-0.3, -0.25) is 4.79 Å². The number of hydrogen-bond acceptors (Lipinski definition) is 3. The van der Waals surface area contributed by atoms with Gasteiger partial charge < -0.3 is 15.7 Å². The van der Waals surface area contributed by atoms with E-state index >= 15 is 0 Å². The third kappa shape index (κ3) is 3.83. The Hall–Kier alpha value is -2.34. The van der Waals surface area contributed by atoms with E-state index in [-0.39, 0.29) is 5.75 Å². The molecule has 0 aromatic heterocycles. The highest BCUT2D eigenvalue weighted by Crippen LogP contribution is 2.14. The lowest BCUT2D eigenvalue weighted by Gasteiger charge is -2.06. The standard InChI is InChI=1S/C14H11BrN2O3/c15-9-1-3-10(4-2-9)16-14(20)17-11-5-7-12(18)13(19)8-6-11/h1-8H,(H,18,19)(H2,16,17,20). The van der Waals surface area contributed by atoms with Gasteiger partial charge in [0, 0.05) is 15.8 Å². The van der Waals surface area contributed by atoms with E-state index in [9.17, 15) is 14.7 Å². The molecule has 2 aromatic carbocycles. The fourth-order valence-corrected chi connectivity index (χ4v) is 1.73. The van der Waals surface area contributed by atoms with E-state index in [1.165, 1.54) is 24.3 Å². The first kappa shape index (κ1) is 14.1. The first-order chi connectivity index (χ1) is 9.54. The van der Waals surface area contributed by atoms with Crippen LogP contribution in [0.1, 0.15) is 0 Å². The summed E-state index contributed by atoms with van der Waals surface area (Å²) in [5.74, 6) is -0.369. The van der Waals surface area contributed by atoms with Gasteiger partial charge in [0.1, 0.15) is 0 Å². The van der Waals surface area contributed by atoms with Gasteiger partial charge in [0.25, 0.3) is 0 Å². The van der Waals surface area contributed by atoms with Gasteiger partial charge in [-0.25, -0.2) is 4.79 Å². The fourth-order valence-electron chi connectivity index (χ4n) is 1.47. The lowest BCUT2D eigenvalue weighted by atomic mass is 10.3. The van der Waals surface area contributed by atoms with Crippen LogP contribution in [0.25, 0.3) is 0 Å². The highest BCUT2D eigenvalue weighted by Gasteiger charge is 2.02. The molecule has 0 atom stereocenters. The summed E-state index contributed by atoms with van der Waals surface area (Å²) in [4.78, 5) is 23.0. The summed E-state index contributed by atoms with van der Waals surface area (Å²) in [6.07, 6.45) is 0. The molecule has 0 aliphatic carbocycles. The maximum atomic E-state index is 11.8. The lowest BCUT2D eigenvalue weighted by Crippen LogP contribution is -2.19. The number of rotatable bonds is 2. The molecule has 0 unspecified atom stereocenters. The number of benzene rings is 1. The minimum Gasteiger partial charge on any atom is -0.504 e. The van der Waals surface area contributed by atoms with Gasteiger partial charge >= 0.3 is 6.03 Å². The Morgan fingerprint density at radius 1 is 0.900 bits per heavy atom. The van der Waals surface area contributed by atoms with Crippen LogP contribution >= 0.6 is 15.9 Å². The summed E-state index contributed by atoms with van der Waals surface area (Å²) >= 11 is 3.30. The highest BCUT2D eigenvalue weighted by atomic mass is 79.9. The average Bonchev–Trinajstić information content (AvgIpc) is 2.57. The smallest absolute Gasteiger partial charge is 0.323 e. The third-order valence-electron chi connectivity index (χ3n) is 2.45. The number of halogens is 1. The average molecular weight is 335 g/mol. The normalized spacial score (nSPS) is 9.85. The van der Waals surface area contributed by atoms with Gasteiger partial charge in [0.05, 0.1) is 0 Å². The number of carbonyl (C=O) groups excluding carboxylic acids is 1. The van der Waals surface area contributed by atoms with Crippen LogP contribution in [0.4, 0.5) is 16.2 Å². The fraction of sp³-hybridized carbons (Fsp3) is 0. The first-order valence-electron chi connectivity index (χ1n) is 5.71. The van der Waals surface area contributed by atoms with Crippen molar-refractivity contribution in [3.8, 4) is 5.75 Å². The minimum absolute atomic E-state index is 0.369. The predicted octanol–water partition coefficient (Wildman–Crippen LogP) is 3.16. The van der Waals surface area contributed by atoms with Gasteiger partial charge in [-0.1, -0.05) is 15.9 Å². The van der Waals surface area contributed by atoms with E-state index in [4.69, 9.17) is 0 Å². The van der Waals surface area contributed by atoms with E-state index in [0.717, 1.165) is 4.47 Å². The Morgan fingerprint density at radius 3 is 2.00 bits per heavy atom. The third-order valence-corrected chi connectivity index (χ3v) is 2.98. The highest BCUT2D eigenvalue weighted by molar-refractivity contribution is 9.10. The Bertz CT molecular complexity index is 687. The molecule has 0 bridgehead atoms. The van der Waals surface area contributed by atoms with E-state index in [1.807, 2.05) is 0 Å². The molecule has 3 N–H and O–H groups in total. The Morgan fingerprint density at radius 2 is 1.40 bits per heavy atom. The number of aromatic hydroxyl groups is 1.